The second kappa shape index (κ2) is 8.08. The summed E-state index contributed by atoms with van der Waals surface area (Å²) in [5.41, 5.74) is 4.57. The Hall–Kier alpha value is -3.08. The molecule has 2 amide bonds. The summed E-state index contributed by atoms with van der Waals surface area (Å²) in [4.78, 5) is 26.3. The highest BCUT2D eigenvalue weighted by atomic mass is 16.3. The van der Waals surface area contributed by atoms with Crippen molar-refractivity contribution in [3.05, 3.63) is 65.4 Å². The van der Waals surface area contributed by atoms with Crippen LogP contribution in [0.1, 0.15) is 23.6 Å². The largest absolute Gasteiger partial charge is 0.464 e. The minimum atomic E-state index is -0.209. The van der Waals surface area contributed by atoms with Crippen LogP contribution in [0.3, 0.4) is 0 Å². The van der Waals surface area contributed by atoms with Crippen LogP contribution in [0, 0.1) is 6.92 Å². The zero-order valence-electron chi connectivity index (χ0n) is 15.9. The summed E-state index contributed by atoms with van der Waals surface area (Å²) in [6.45, 7) is 4.04. The van der Waals surface area contributed by atoms with Crippen LogP contribution in [0.2, 0.25) is 0 Å². The quantitative estimate of drug-likeness (QED) is 0.720. The molecule has 1 aromatic heterocycles. The van der Waals surface area contributed by atoms with E-state index in [4.69, 9.17) is 4.42 Å². The lowest BCUT2D eigenvalue weighted by molar-refractivity contribution is -0.132. The Balaban J connectivity index is 1.62. The van der Waals surface area contributed by atoms with Crippen LogP contribution < -0.4 is 5.32 Å². The molecule has 0 saturated carbocycles. The van der Waals surface area contributed by atoms with Gasteiger partial charge in [-0.25, -0.2) is 0 Å². The van der Waals surface area contributed by atoms with E-state index in [0.29, 0.717) is 0 Å². The van der Waals surface area contributed by atoms with Gasteiger partial charge in [0.05, 0.1) is 19.2 Å². The first-order valence-corrected chi connectivity index (χ1v) is 9.06. The van der Waals surface area contributed by atoms with Gasteiger partial charge in [0, 0.05) is 23.7 Å². The molecule has 0 spiro atoms. The number of amides is 2. The third kappa shape index (κ3) is 4.37. The molecule has 0 unspecified atom stereocenters. The Bertz CT molecular complexity index is 975. The van der Waals surface area contributed by atoms with Crippen molar-refractivity contribution in [2.45, 2.75) is 26.7 Å². The molecule has 0 fully saturated rings. The summed E-state index contributed by atoms with van der Waals surface area (Å²) in [5, 5.41) is 3.82. The lowest BCUT2D eigenvalue weighted by Gasteiger charge is -2.17. The molecule has 27 heavy (non-hydrogen) atoms. The van der Waals surface area contributed by atoms with Gasteiger partial charge in [-0.2, -0.15) is 0 Å². The van der Waals surface area contributed by atoms with E-state index < -0.39 is 0 Å². The maximum absolute atomic E-state index is 12.5. The van der Waals surface area contributed by atoms with E-state index in [1.165, 1.54) is 4.90 Å². The van der Waals surface area contributed by atoms with Crippen molar-refractivity contribution in [1.82, 2.24) is 4.90 Å². The molecule has 2 aromatic carbocycles. The maximum Gasteiger partial charge on any atom is 0.243 e. The number of rotatable bonds is 6. The second-order valence-corrected chi connectivity index (χ2v) is 6.75. The van der Waals surface area contributed by atoms with Crippen molar-refractivity contribution >= 4 is 28.5 Å². The highest BCUT2D eigenvalue weighted by Gasteiger charge is 2.17. The molecule has 1 N–H and O–H groups in total. The number of nitrogens with zero attached hydrogens (tertiary/aromatic N) is 1. The van der Waals surface area contributed by atoms with E-state index >= 15 is 0 Å². The fourth-order valence-electron chi connectivity index (χ4n) is 3.07. The molecule has 0 aliphatic carbocycles. The highest BCUT2D eigenvalue weighted by molar-refractivity contribution is 5.96. The number of anilines is 1. The number of benzene rings is 2. The number of likely N-dealkylation sites (N-methyl/N-ethyl adjacent to an activating group) is 1. The Labute approximate surface area is 159 Å². The van der Waals surface area contributed by atoms with E-state index in [9.17, 15) is 9.59 Å². The standard InChI is InChI=1S/C22H24N2O3/c1-4-16-7-5-6-8-19(16)23-21(25)13-24(3)22(26)12-17-14-27-20-11-15(2)9-10-18(17)20/h5-11,14H,4,12-13H2,1-3H3,(H,23,25). The smallest absolute Gasteiger partial charge is 0.243 e. The summed E-state index contributed by atoms with van der Waals surface area (Å²) in [7, 11) is 1.64. The maximum atomic E-state index is 12.5. The van der Waals surface area contributed by atoms with E-state index in [1.54, 1.807) is 13.3 Å². The summed E-state index contributed by atoms with van der Waals surface area (Å²) >= 11 is 0. The lowest BCUT2D eigenvalue weighted by atomic mass is 10.1. The minimum Gasteiger partial charge on any atom is -0.464 e. The van der Waals surface area contributed by atoms with Gasteiger partial charge in [-0.15, -0.1) is 0 Å². The zero-order valence-corrected chi connectivity index (χ0v) is 15.9. The Kier molecular flexibility index (Phi) is 5.60. The average molecular weight is 364 g/mol. The number of hydrogen-bond donors (Lipinski definition) is 1. The van der Waals surface area contributed by atoms with Crippen LogP contribution in [0.15, 0.2) is 53.1 Å². The number of carbonyl (C=O) groups is 2. The van der Waals surface area contributed by atoms with Gasteiger partial charge in [-0.05, 0) is 36.6 Å². The molecule has 0 radical (unpaired) electrons. The van der Waals surface area contributed by atoms with Crippen molar-refractivity contribution in [3.63, 3.8) is 0 Å². The van der Waals surface area contributed by atoms with Crippen molar-refractivity contribution in [2.24, 2.45) is 0 Å². The predicted molar refractivity (Wildman–Crippen MR) is 107 cm³/mol. The number of furan rings is 1. The molecule has 140 valence electrons. The van der Waals surface area contributed by atoms with Gasteiger partial charge >= 0.3 is 0 Å². The van der Waals surface area contributed by atoms with Crippen LogP contribution in [-0.2, 0) is 22.4 Å². The SMILES string of the molecule is CCc1ccccc1NC(=O)CN(C)C(=O)Cc1coc2cc(C)ccc12. The van der Waals surface area contributed by atoms with E-state index in [-0.39, 0.29) is 24.8 Å². The molecule has 5 nitrogen and oxygen atoms in total. The van der Waals surface area contributed by atoms with Crippen LogP contribution in [-0.4, -0.2) is 30.3 Å². The van der Waals surface area contributed by atoms with Gasteiger partial charge in [-0.3, -0.25) is 9.59 Å². The van der Waals surface area contributed by atoms with Gasteiger partial charge in [0.1, 0.15) is 5.58 Å². The van der Waals surface area contributed by atoms with Crippen LogP contribution in [0.4, 0.5) is 5.69 Å². The summed E-state index contributed by atoms with van der Waals surface area (Å²) in [6, 6.07) is 13.6. The Morgan fingerprint density at radius 3 is 2.67 bits per heavy atom. The van der Waals surface area contributed by atoms with E-state index in [1.807, 2.05) is 56.3 Å². The monoisotopic (exact) mass is 364 g/mol. The normalized spacial score (nSPS) is 10.8. The molecule has 3 aromatic rings. The number of hydrogen-bond acceptors (Lipinski definition) is 3. The summed E-state index contributed by atoms with van der Waals surface area (Å²) in [6.07, 6.45) is 2.65. The number of aryl methyl sites for hydroxylation is 2. The highest BCUT2D eigenvalue weighted by Crippen LogP contribution is 2.23. The van der Waals surface area contributed by atoms with Crippen molar-refractivity contribution in [3.8, 4) is 0 Å². The number of nitrogens with one attached hydrogen (secondary N) is 1. The van der Waals surface area contributed by atoms with Crippen LogP contribution in [0.5, 0.6) is 0 Å². The summed E-state index contributed by atoms with van der Waals surface area (Å²) in [5.74, 6) is -0.336. The molecular weight excluding hydrogens is 340 g/mol. The number of para-hydroxylation sites is 1. The molecule has 0 saturated heterocycles. The molecular formula is C22H24N2O3. The topological polar surface area (TPSA) is 62.6 Å². The summed E-state index contributed by atoms with van der Waals surface area (Å²) < 4.78 is 5.55. The fraction of sp³-hybridized carbons (Fsp3) is 0.273. The third-order valence-electron chi connectivity index (χ3n) is 4.63. The van der Waals surface area contributed by atoms with Gasteiger partial charge in [0.15, 0.2) is 0 Å². The van der Waals surface area contributed by atoms with Crippen molar-refractivity contribution < 1.29 is 14.0 Å². The Morgan fingerprint density at radius 1 is 1.11 bits per heavy atom. The van der Waals surface area contributed by atoms with Crippen molar-refractivity contribution in [1.29, 1.82) is 0 Å². The second-order valence-electron chi connectivity index (χ2n) is 6.75. The zero-order chi connectivity index (χ0) is 19.4. The molecule has 0 atom stereocenters. The molecule has 1 heterocycles. The lowest BCUT2D eigenvalue weighted by Crippen LogP contribution is -2.35. The fourth-order valence-corrected chi connectivity index (χ4v) is 3.07. The third-order valence-corrected chi connectivity index (χ3v) is 4.63. The minimum absolute atomic E-state index is 0.00573. The van der Waals surface area contributed by atoms with E-state index in [2.05, 4.69) is 5.32 Å². The molecule has 5 heteroatoms. The Morgan fingerprint density at radius 2 is 1.89 bits per heavy atom. The molecule has 0 bridgehead atoms. The van der Waals surface area contributed by atoms with Gasteiger partial charge < -0.3 is 14.6 Å². The number of fused-ring (bicyclic) bond motifs is 1. The molecule has 0 aliphatic heterocycles. The first kappa shape index (κ1) is 18.7. The van der Waals surface area contributed by atoms with E-state index in [0.717, 1.165) is 39.8 Å². The van der Waals surface area contributed by atoms with Crippen molar-refractivity contribution in [2.75, 3.05) is 18.9 Å². The van der Waals surface area contributed by atoms with Gasteiger partial charge in [0.25, 0.3) is 0 Å². The van der Waals surface area contributed by atoms with Crippen LogP contribution >= 0.6 is 0 Å². The average Bonchev–Trinajstić information content (AvgIpc) is 3.03. The van der Waals surface area contributed by atoms with Gasteiger partial charge in [0.2, 0.25) is 11.8 Å². The predicted octanol–water partition coefficient (Wildman–Crippen LogP) is 3.94. The van der Waals surface area contributed by atoms with Gasteiger partial charge in [-0.1, -0.05) is 37.3 Å². The molecule has 0 aliphatic rings. The molecule has 3 rings (SSSR count). The number of carbonyl (C=O) groups excluding carboxylic acids is 2. The first-order chi connectivity index (χ1) is 13.0. The van der Waals surface area contributed by atoms with Crippen LogP contribution in [0.25, 0.3) is 11.0 Å². The first-order valence-electron chi connectivity index (χ1n) is 9.06.